The number of nitrogens with two attached hydrogens (primary N) is 1. The number of amides is 1. The van der Waals surface area contributed by atoms with Crippen LogP contribution in [-0.2, 0) is 0 Å². The number of rotatable bonds is 8. The SMILES string of the molecule is CCOc1ccc(C(=O)NCC(N)(CC)CC)cc1OC. The Balaban J connectivity index is 2.79. The van der Waals surface area contributed by atoms with Crippen molar-refractivity contribution < 1.29 is 14.3 Å². The average molecular weight is 294 g/mol. The van der Waals surface area contributed by atoms with Crippen molar-refractivity contribution >= 4 is 5.91 Å². The van der Waals surface area contributed by atoms with Crippen LogP contribution < -0.4 is 20.5 Å². The molecule has 0 spiro atoms. The summed E-state index contributed by atoms with van der Waals surface area (Å²) in [4.78, 5) is 12.2. The van der Waals surface area contributed by atoms with Gasteiger partial charge in [0.2, 0.25) is 0 Å². The van der Waals surface area contributed by atoms with Crippen molar-refractivity contribution in [1.82, 2.24) is 5.32 Å². The zero-order valence-corrected chi connectivity index (χ0v) is 13.4. The molecule has 118 valence electrons. The molecule has 0 aromatic heterocycles. The van der Waals surface area contributed by atoms with E-state index >= 15 is 0 Å². The normalized spacial score (nSPS) is 11.1. The molecule has 21 heavy (non-hydrogen) atoms. The fourth-order valence-electron chi connectivity index (χ4n) is 1.94. The molecule has 3 N–H and O–H groups in total. The number of nitrogens with one attached hydrogen (secondary N) is 1. The van der Waals surface area contributed by atoms with Gasteiger partial charge in [-0.1, -0.05) is 13.8 Å². The number of hydrogen-bond donors (Lipinski definition) is 2. The molecule has 0 bridgehead atoms. The van der Waals surface area contributed by atoms with Crippen molar-refractivity contribution in [2.24, 2.45) is 5.73 Å². The van der Waals surface area contributed by atoms with E-state index in [-0.39, 0.29) is 11.4 Å². The quantitative estimate of drug-likeness (QED) is 0.772. The maximum atomic E-state index is 12.2. The summed E-state index contributed by atoms with van der Waals surface area (Å²) in [5, 5.41) is 2.88. The van der Waals surface area contributed by atoms with Gasteiger partial charge >= 0.3 is 0 Å². The minimum atomic E-state index is -0.356. The van der Waals surface area contributed by atoms with E-state index in [1.165, 1.54) is 0 Å². The van der Waals surface area contributed by atoms with E-state index in [1.54, 1.807) is 25.3 Å². The lowest BCUT2D eigenvalue weighted by atomic mass is 9.94. The van der Waals surface area contributed by atoms with E-state index in [0.29, 0.717) is 30.2 Å². The Labute approximate surface area is 126 Å². The van der Waals surface area contributed by atoms with Crippen LogP contribution in [0.5, 0.6) is 11.5 Å². The summed E-state index contributed by atoms with van der Waals surface area (Å²) in [6.07, 6.45) is 1.63. The second kappa shape index (κ2) is 7.88. The molecule has 1 aromatic carbocycles. The van der Waals surface area contributed by atoms with E-state index < -0.39 is 0 Å². The lowest BCUT2D eigenvalue weighted by Gasteiger charge is -2.26. The maximum absolute atomic E-state index is 12.2. The minimum Gasteiger partial charge on any atom is -0.493 e. The first-order chi connectivity index (χ1) is 9.99. The summed E-state index contributed by atoms with van der Waals surface area (Å²) in [6, 6.07) is 5.14. The molecule has 0 heterocycles. The number of ether oxygens (including phenoxy) is 2. The molecule has 1 amide bonds. The van der Waals surface area contributed by atoms with Crippen molar-refractivity contribution in [2.45, 2.75) is 39.2 Å². The molecule has 0 fully saturated rings. The number of carbonyl (C=O) groups excluding carboxylic acids is 1. The highest BCUT2D eigenvalue weighted by Gasteiger charge is 2.21. The molecule has 0 radical (unpaired) electrons. The Bertz CT molecular complexity index is 471. The molecule has 0 saturated heterocycles. The fourth-order valence-corrected chi connectivity index (χ4v) is 1.94. The lowest BCUT2D eigenvalue weighted by Crippen LogP contribution is -2.49. The largest absolute Gasteiger partial charge is 0.493 e. The van der Waals surface area contributed by atoms with Crippen LogP contribution in [0.15, 0.2) is 18.2 Å². The Morgan fingerprint density at radius 3 is 2.43 bits per heavy atom. The molecule has 1 aromatic rings. The first-order valence-electron chi connectivity index (χ1n) is 7.37. The van der Waals surface area contributed by atoms with Gasteiger partial charge in [0.05, 0.1) is 13.7 Å². The van der Waals surface area contributed by atoms with Crippen LogP contribution in [0.1, 0.15) is 44.0 Å². The van der Waals surface area contributed by atoms with Gasteiger partial charge in [0.25, 0.3) is 5.91 Å². The predicted molar refractivity (Wildman–Crippen MR) is 84.0 cm³/mol. The Hall–Kier alpha value is -1.75. The number of methoxy groups -OCH3 is 1. The Morgan fingerprint density at radius 2 is 1.90 bits per heavy atom. The second-order valence-corrected chi connectivity index (χ2v) is 5.05. The first-order valence-corrected chi connectivity index (χ1v) is 7.37. The molecule has 5 heteroatoms. The van der Waals surface area contributed by atoms with Gasteiger partial charge in [-0.2, -0.15) is 0 Å². The van der Waals surface area contributed by atoms with Gasteiger partial charge in [-0.05, 0) is 38.0 Å². The third-order valence-corrected chi connectivity index (χ3v) is 3.73. The van der Waals surface area contributed by atoms with Gasteiger partial charge < -0.3 is 20.5 Å². The van der Waals surface area contributed by atoms with Crippen molar-refractivity contribution in [3.63, 3.8) is 0 Å². The molecule has 1 rings (SSSR count). The second-order valence-electron chi connectivity index (χ2n) is 5.05. The topological polar surface area (TPSA) is 73.6 Å². The zero-order valence-electron chi connectivity index (χ0n) is 13.4. The molecule has 0 aliphatic carbocycles. The summed E-state index contributed by atoms with van der Waals surface area (Å²) in [6.45, 7) is 6.94. The van der Waals surface area contributed by atoms with Crippen molar-refractivity contribution in [3.8, 4) is 11.5 Å². The Morgan fingerprint density at radius 1 is 1.24 bits per heavy atom. The smallest absolute Gasteiger partial charge is 0.251 e. The highest BCUT2D eigenvalue weighted by atomic mass is 16.5. The number of carbonyl (C=O) groups is 1. The highest BCUT2D eigenvalue weighted by Crippen LogP contribution is 2.28. The minimum absolute atomic E-state index is 0.159. The maximum Gasteiger partial charge on any atom is 0.251 e. The van der Waals surface area contributed by atoms with Crippen LogP contribution in [0.2, 0.25) is 0 Å². The first kappa shape index (κ1) is 17.3. The van der Waals surface area contributed by atoms with Gasteiger partial charge in [-0.25, -0.2) is 0 Å². The molecule has 5 nitrogen and oxygen atoms in total. The number of hydrogen-bond acceptors (Lipinski definition) is 4. The average Bonchev–Trinajstić information content (AvgIpc) is 2.52. The highest BCUT2D eigenvalue weighted by molar-refractivity contribution is 5.94. The van der Waals surface area contributed by atoms with Gasteiger partial charge in [0, 0.05) is 17.6 Å². The standard InChI is InChI=1S/C16H26N2O3/c1-5-16(17,6-2)11-18-15(19)12-8-9-13(21-7-3)14(10-12)20-4/h8-10H,5-7,11,17H2,1-4H3,(H,18,19). The van der Waals surface area contributed by atoms with Crippen LogP contribution >= 0.6 is 0 Å². The van der Waals surface area contributed by atoms with Crippen molar-refractivity contribution in [3.05, 3.63) is 23.8 Å². The van der Waals surface area contributed by atoms with Crippen LogP contribution in [0.25, 0.3) is 0 Å². The van der Waals surface area contributed by atoms with Crippen LogP contribution in [0.3, 0.4) is 0 Å². The van der Waals surface area contributed by atoms with Crippen molar-refractivity contribution in [1.29, 1.82) is 0 Å². The summed E-state index contributed by atoms with van der Waals surface area (Å²) in [5.41, 5.74) is 6.36. The summed E-state index contributed by atoms with van der Waals surface area (Å²) in [7, 11) is 1.55. The van der Waals surface area contributed by atoms with E-state index in [0.717, 1.165) is 12.8 Å². The number of benzene rings is 1. The third-order valence-electron chi connectivity index (χ3n) is 3.73. The summed E-state index contributed by atoms with van der Waals surface area (Å²) < 4.78 is 10.7. The van der Waals surface area contributed by atoms with Crippen LogP contribution in [-0.4, -0.2) is 31.7 Å². The monoisotopic (exact) mass is 294 g/mol. The molecule has 0 unspecified atom stereocenters. The van der Waals surface area contributed by atoms with Gasteiger partial charge in [-0.3, -0.25) is 4.79 Å². The van der Waals surface area contributed by atoms with Gasteiger partial charge in [0.15, 0.2) is 11.5 Å². The van der Waals surface area contributed by atoms with Crippen molar-refractivity contribution in [2.75, 3.05) is 20.3 Å². The fraction of sp³-hybridized carbons (Fsp3) is 0.562. The molecule has 0 atom stereocenters. The van der Waals surface area contributed by atoms with Gasteiger partial charge in [0.1, 0.15) is 0 Å². The molecule has 0 aliphatic heterocycles. The zero-order chi connectivity index (χ0) is 15.9. The predicted octanol–water partition coefficient (Wildman–Crippen LogP) is 2.34. The molecular formula is C16H26N2O3. The van der Waals surface area contributed by atoms with Crippen LogP contribution in [0.4, 0.5) is 0 Å². The molecular weight excluding hydrogens is 268 g/mol. The van der Waals surface area contributed by atoms with E-state index in [9.17, 15) is 4.79 Å². The summed E-state index contributed by atoms with van der Waals surface area (Å²) >= 11 is 0. The van der Waals surface area contributed by atoms with Gasteiger partial charge in [-0.15, -0.1) is 0 Å². The van der Waals surface area contributed by atoms with E-state index in [1.807, 2.05) is 20.8 Å². The van der Waals surface area contributed by atoms with E-state index in [4.69, 9.17) is 15.2 Å². The lowest BCUT2D eigenvalue weighted by molar-refractivity contribution is 0.0941. The van der Waals surface area contributed by atoms with Crippen LogP contribution in [0, 0.1) is 0 Å². The molecule has 0 aliphatic rings. The molecule has 0 saturated carbocycles. The Kier molecular flexibility index (Phi) is 6.49. The summed E-state index contributed by atoms with van der Waals surface area (Å²) in [5.74, 6) is 1.02. The third kappa shape index (κ3) is 4.63. The van der Waals surface area contributed by atoms with E-state index in [2.05, 4.69) is 5.32 Å².